The molecule has 0 saturated heterocycles. The molecule has 8 nitrogen and oxygen atoms in total. The van der Waals surface area contributed by atoms with Crippen LogP contribution in [0.2, 0.25) is 0 Å². The first-order valence-electron chi connectivity index (χ1n) is 5.28. The maximum Gasteiger partial charge on any atom is 0.374 e. The fourth-order valence-electron chi connectivity index (χ4n) is 1.18. The zero-order valence-electron chi connectivity index (χ0n) is 10.7. The summed E-state index contributed by atoms with van der Waals surface area (Å²) >= 11 is 0. The van der Waals surface area contributed by atoms with Gasteiger partial charge in [0.25, 0.3) is 5.69 Å². The Morgan fingerprint density at radius 2 is 1.95 bits per heavy atom. The van der Waals surface area contributed by atoms with E-state index in [1.54, 1.807) is 0 Å². The number of nitro benzene ring substituents is 1. The Kier molecular flexibility index (Phi) is 5.21. The van der Waals surface area contributed by atoms with Crippen LogP contribution in [-0.2, 0) is 19.1 Å². The summed E-state index contributed by atoms with van der Waals surface area (Å²) in [6, 6.07) is 5.13. The Hall–Kier alpha value is -2.90. The second-order valence-corrected chi connectivity index (χ2v) is 3.38. The van der Waals surface area contributed by atoms with E-state index in [2.05, 4.69) is 9.47 Å². The number of hydrogen-bond acceptors (Lipinski definition) is 7. The van der Waals surface area contributed by atoms with Gasteiger partial charge in [0.2, 0.25) is 5.76 Å². The van der Waals surface area contributed by atoms with Gasteiger partial charge in [-0.15, -0.1) is 0 Å². The minimum Gasteiger partial charge on any atom is -0.466 e. The molecule has 0 aliphatic carbocycles. The average molecular weight is 281 g/mol. The maximum atomic E-state index is 11.4. The summed E-state index contributed by atoms with van der Waals surface area (Å²) in [6.45, 7) is 0. The van der Waals surface area contributed by atoms with E-state index in [1.807, 2.05) is 0 Å². The fraction of sp³-hybridized carbons (Fsp3) is 0.167. The third-order valence-electron chi connectivity index (χ3n) is 2.09. The van der Waals surface area contributed by atoms with Crippen molar-refractivity contribution >= 4 is 17.6 Å². The van der Waals surface area contributed by atoms with E-state index in [9.17, 15) is 19.7 Å². The van der Waals surface area contributed by atoms with Gasteiger partial charge in [-0.2, -0.15) is 0 Å². The van der Waals surface area contributed by atoms with Crippen LogP contribution in [0.3, 0.4) is 0 Å². The maximum absolute atomic E-state index is 11.4. The van der Waals surface area contributed by atoms with Crippen LogP contribution in [0.25, 0.3) is 0 Å². The van der Waals surface area contributed by atoms with Gasteiger partial charge in [0, 0.05) is 6.07 Å². The molecule has 0 spiro atoms. The van der Waals surface area contributed by atoms with Gasteiger partial charge in [0.05, 0.1) is 31.3 Å². The number of hydrogen-bond donors (Lipinski definition) is 0. The molecule has 1 aromatic carbocycles. The van der Waals surface area contributed by atoms with Crippen molar-refractivity contribution in [3.8, 4) is 5.75 Å². The number of rotatable bonds is 5. The summed E-state index contributed by atoms with van der Waals surface area (Å²) in [7, 11) is 2.23. The Balaban J connectivity index is 3.04. The van der Waals surface area contributed by atoms with Crippen LogP contribution < -0.4 is 4.74 Å². The first-order chi connectivity index (χ1) is 9.47. The van der Waals surface area contributed by atoms with Gasteiger partial charge in [-0.05, 0) is 6.07 Å². The van der Waals surface area contributed by atoms with Gasteiger partial charge < -0.3 is 14.2 Å². The third kappa shape index (κ3) is 4.09. The van der Waals surface area contributed by atoms with Crippen LogP contribution >= 0.6 is 0 Å². The Morgan fingerprint density at radius 3 is 2.50 bits per heavy atom. The summed E-state index contributed by atoms with van der Waals surface area (Å²) < 4.78 is 13.9. The molecular weight excluding hydrogens is 270 g/mol. The number of methoxy groups -OCH3 is 2. The van der Waals surface area contributed by atoms with E-state index in [4.69, 9.17) is 4.74 Å². The normalized spacial score (nSPS) is 10.6. The van der Waals surface area contributed by atoms with Crippen molar-refractivity contribution in [3.05, 3.63) is 46.2 Å². The highest BCUT2D eigenvalue weighted by Gasteiger charge is 2.16. The van der Waals surface area contributed by atoms with Gasteiger partial charge >= 0.3 is 11.9 Å². The minimum atomic E-state index is -0.915. The van der Waals surface area contributed by atoms with Gasteiger partial charge in [-0.3, -0.25) is 10.1 Å². The molecular formula is C12H11NO7. The number of esters is 2. The third-order valence-corrected chi connectivity index (χ3v) is 2.09. The molecule has 0 atom stereocenters. The molecule has 106 valence electrons. The van der Waals surface area contributed by atoms with Gasteiger partial charge in [0.15, 0.2) is 0 Å². The predicted octanol–water partition coefficient (Wildman–Crippen LogP) is 1.20. The molecule has 0 saturated carbocycles. The Morgan fingerprint density at radius 1 is 1.25 bits per heavy atom. The van der Waals surface area contributed by atoms with Crippen molar-refractivity contribution in [1.82, 2.24) is 0 Å². The number of carbonyl (C=O) groups is 2. The Bertz CT molecular complexity index is 565. The van der Waals surface area contributed by atoms with Gasteiger partial charge in [0.1, 0.15) is 5.75 Å². The zero-order chi connectivity index (χ0) is 15.1. The highest BCUT2D eigenvalue weighted by molar-refractivity contribution is 5.95. The first kappa shape index (κ1) is 15.2. The van der Waals surface area contributed by atoms with Crippen molar-refractivity contribution < 1.29 is 28.7 Å². The molecule has 0 amide bonds. The molecule has 0 unspecified atom stereocenters. The molecule has 0 heterocycles. The fourth-order valence-corrected chi connectivity index (χ4v) is 1.18. The average Bonchev–Trinajstić information content (AvgIpc) is 2.45. The number of nitro groups is 1. The molecule has 0 N–H and O–H groups in total. The summed E-state index contributed by atoms with van der Waals surface area (Å²) in [5.74, 6) is -2.17. The predicted molar refractivity (Wildman–Crippen MR) is 65.8 cm³/mol. The van der Waals surface area contributed by atoms with Crippen molar-refractivity contribution in [2.75, 3.05) is 14.2 Å². The van der Waals surface area contributed by atoms with Crippen LogP contribution in [0.1, 0.15) is 0 Å². The van der Waals surface area contributed by atoms with E-state index in [1.165, 1.54) is 18.2 Å². The molecule has 20 heavy (non-hydrogen) atoms. The summed E-state index contributed by atoms with van der Waals surface area (Å²) in [5, 5.41) is 10.6. The lowest BCUT2D eigenvalue weighted by Crippen LogP contribution is -2.13. The van der Waals surface area contributed by atoms with Crippen molar-refractivity contribution in [2.45, 2.75) is 0 Å². The summed E-state index contributed by atoms with van der Waals surface area (Å²) in [6.07, 6.45) is 0.782. The van der Waals surface area contributed by atoms with Crippen molar-refractivity contribution in [1.29, 1.82) is 0 Å². The largest absolute Gasteiger partial charge is 0.466 e. The molecule has 0 bridgehead atoms. The number of ether oxygens (including phenoxy) is 3. The topological polar surface area (TPSA) is 105 Å². The minimum absolute atomic E-state index is 0.0137. The highest BCUT2D eigenvalue weighted by atomic mass is 16.6. The molecule has 0 fully saturated rings. The number of benzene rings is 1. The number of non-ortho nitro benzene ring substituents is 1. The van der Waals surface area contributed by atoms with Crippen molar-refractivity contribution in [3.63, 3.8) is 0 Å². The lowest BCUT2D eigenvalue weighted by atomic mass is 10.3. The van der Waals surface area contributed by atoms with Crippen LogP contribution in [0, 0.1) is 10.1 Å². The monoisotopic (exact) mass is 281 g/mol. The van der Waals surface area contributed by atoms with Crippen LogP contribution in [0.4, 0.5) is 5.69 Å². The first-order valence-corrected chi connectivity index (χ1v) is 5.28. The van der Waals surface area contributed by atoms with Crippen LogP contribution in [0.15, 0.2) is 36.1 Å². The van der Waals surface area contributed by atoms with E-state index in [0.29, 0.717) is 0 Å². The second-order valence-electron chi connectivity index (χ2n) is 3.38. The quantitative estimate of drug-likeness (QED) is 0.262. The van der Waals surface area contributed by atoms with Crippen LogP contribution in [-0.4, -0.2) is 31.1 Å². The molecule has 0 aliphatic rings. The lowest BCUT2D eigenvalue weighted by molar-refractivity contribution is -0.384. The van der Waals surface area contributed by atoms with E-state index in [-0.39, 0.29) is 11.4 Å². The standard InChI is InChI=1S/C12H11NO7/c1-18-11(14)7-10(12(15)19-2)20-9-5-3-4-8(6-9)13(16)17/h3-7H,1-2H3. The number of carbonyl (C=O) groups excluding carboxylic acids is 2. The zero-order valence-corrected chi connectivity index (χ0v) is 10.7. The molecule has 0 aliphatic heterocycles. The van der Waals surface area contributed by atoms with Gasteiger partial charge in [-0.25, -0.2) is 9.59 Å². The van der Waals surface area contributed by atoms with Crippen LogP contribution in [0.5, 0.6) is 5.75 Å². The summed E-state index contributed by atoms with van der Waals surface area (Å²) in [4.78, 5) is 32.5. The smallest absolute Gasteiger partial charge is 0.374 e. The highest BCUT2D eigenvalue weighted by Crippen LogP contribution is 2.21. The molecule has 0 radical (unpaired) electrons. The van der Waals surface area contributed by atoms with Gasteiger partial charge in [-0.1, -0.05) is 6.07 Å². The summed E-state index contributed by atoms with van der Waals surface area (Å²) in [5.41, 5.74) is -0.218. The van der Waals surface area contributed by atoms with Crippen molar-refractivity contribution in [2.24, 2.45) is 0 Å². The van der Waals surface area contributed by atoms with E-state index in [0.717, 1.165) is 26.4 Å². The lowest BCUT2D eigenvalue weighted by Gasteiger charge is -2.07. The second kappa shape index (κ2) is 6.88. The SMILES string of the molecule is COC(=O)C=C(Oc1cccc([N+](=O)[O-])c1)C(=O)OC. The molecule has 1 aromatic rings. The molecule has 8 heteroatoms. The molecule has 1 rings (SSSR count). The number of nitrogens with zero attached hydrogens (tertiary/aromatic N) is 1. The molecule has 0 aromatic heterocycles. The Labute approximate surface area is 113 Å². The van der Waals surface area contributed by atoms with E-state index >= 15 is 0 Å². The van der Waals surface area contributed by atoms with E-state index < -0.39 is 22.6 Å².